The van der Waals surface area contributed by atoms with Crippen LogP contribution in [0.1, 0.15) is 27.6 Å². The van der Waals surface area contributed by atoms with E-state index in [0.717, 1.165) is 21.7 Å². The predicted octanol–water partition coefficient (Wildman–Crippen LogP) is 4.94. The number of nitrogens with zero attached hydrogens (tertiary/aromatic N) is 3. The Morgan fingerprint density at radius 3 is 2.70 bits per heavy atom. The largest absolute Gasteiger partial charge is 0.344 e. The summed E-state index contributed by atoms with van der Waals surface area (Å²) in [5.41, 5.74) is 4.44. The Kier molecular flexibility index (Phi) is 6.30. The molecule has 2 aromatic heterocycles. The van der Waals surface area contributed by atoms with Crippen molar-refractivity contribution in [2.24, 2.45) is 0 Å². The molecule has 0 spiro atoms. The molecule has 1 N–H and O–H groups in total. The topological polar surface area (TPSA) is 59.8 Å². The van der Waals surface area contributed by atoms with Gasteiger partial charge in [-0.2, -0.15) is 0 Å². The van der Waals surface area contributed by atoms with Gasteiger partial charge in [-0.25, -0.2) is 0 Å². The number of carbonyl (C=O) groups is 1. The summed E-state index contributed by atoms with van der Waals surface area (Å²) in [6.07, 6.45) is 1.69. The molecule has 2 heterocycles. The maximum Gasteiger partial charge on any atom is 0.231 e. The normalized spacial score (nSPS) is 11.9. The van der Waals surface area contributed by atoms with Crippen molar-refractivity contribution in [1.82, 2.24) is 20.1 Å². The van der Waals surface area contributed by atoms with Gasteiger partial charge in [0.25, 0.3) is 0 Å². The average Bonchev–Trinajstić information content (AvgIpc) is 3.43. The van der Waals surface area contributed by atoms with Gasteiger partial charge in [-0.05, 0) is 42.5 Å². The van der Waals surface area contributed by atoms with Crippen LogP contribution in [0.25, 0.3) is 5.69 Å². The molecule has 0 aliphatic heterocycles. The van der Waals surface area contributed by atoms with Gasteiger partial charge in [0.15, 0.2) is 5.16 Å². The molecule has 2 aromatic carbocycles. The first-order valence-electron chi connectivity index (χ1n) is 9.60. The number of nitrogens with one attached hydrogen (secondary N) is 1. The van der Waals surface area contributed by atoms with Gasteiger partial charge in [0.1, 0.15) is 6.33 Å². The second kappa shape index (κ2) is 9.28. The summed E-state index contributed by atoms with van der Waals surface area (Å²) in [5, 5.41) is 14.2. The molecule has 7 heteroatoms. The minimum atomic E-state index is -0.156. The second-order valence-electron chi connectivity index (χ2n) is 6.99. The minimum absolute atomic E-state index is 0.0440. The number of thiophene rings is 1. The van der Waals surface area contributed by atoms with Crippen LogP contribution in [0.5, 0.6) is 0 Å². The van der Waals surface area contributed by atoms with E-state index in [1.54, 1.807) is 17.7 Å². The first-order valence-corrected chi connectivity index (χ1v) is 11.5. The highest BCUT2D eigenvalue weighted by Gasteiger charge is 2.19. The molecule has 0 saturated heterocycles. The molecule has 1 amide bonds. The predicted molar refractivity (Wildman–Crippen MR) is 122 cm³/mol. The number of hydrogen-bond donors (Lipinski definition) is 1. The number of amides is 1. The van der Waals surface area contributed by atoms with Gasteiger partial charge >= 0.3 is 0 Å². The molecule has 4 rings (SSSR count). The lowest BCUT2D eigenvalue weighted by Gasteiger charge is -2.18. The average molecular weight is 435 g/mol. The monoisotopic (exact) mass is 434 g/mol. The lowest BCUT2D eigenvalue weighted by molar-refractivity contribution is -0.119. The third-order valence-electron chi connectivity index (χ3n) is 4.73. The number of aromatic nitrogens is 3. The minimum Gasteiger partial charge on any atom is -0.344 e. The molecule has 0 saturated carbocycles. The van der Waals surface area contributed by atoms with Gasteiger partial charge in [-0.1, -0.05) is 65.9 Å². The Morgan fingerprint density at radius 2 is 1.97 bits per heavy atom. The summed E-state index contributed by atoms with van der Waals surface area (Å²) in [6, 6.07) is 20.2. The highest BCUT2D eigenvalue weighted by atomic mass is 32.2. The highest BCUT2D eigenvalue weighted by Crippen LogP contribution is 2.27. The van der Waals surface area contributed by atoms with Crippen molar-refractivity contribution in [2.75, 3.05) is 5.75 Å². The summed E-state index contributed by atoms with van der Waals surface area (Å²) >= 11 is 3.02. The van der Waals surface area contributed by atoms with Gasteiger partial charge in [0, 0.05) is 4.88 Å². The van der Waals surface area contributed by atoms with E-state index in [1.165, 1.54) is 17.3 Å². The van der Waals surface area contributed by atoms with Gasteiger partial charge in [0.2, 0.25) is 5.91 Å². The zero-order valence-corrected chi connectivity index (χ0v) is 18.4. The van der Waals surface area contributed by atoms with E-state index in [4.69, 9.17) is 0 Å². The van der Waals surface area contributed by atoms with Crippen molar-refractivity contribution >= 4 is 29.0 Å². The molecule has 4 aromatic rings. The zero-order valence-electron chi connectivity index (χ0n) is 16.8. The Hall–Kier alpha value is -2.90. The van der Waals surface area contributed by atoms with Crippen LogP contribution in [-0.2, 0) is 4.79 Å². The summed E-state index contributed by atoms with van der Waals surface area (Å²) < 4.78 is 1.93. The van der Waals surface area contributed by atoms with Crippen LogP contribution in [-0.4, -0.2) is 26.4 Å². The lowest BCUT2D eigenvalue weighted by Crippen LogP contribution is -2.30. The van der Waals surface area contributed by atoms with Gasteiger partial charge in [-0.15, -0.1) is 21.5 Å². The first kappa shape index (κ1) is 20.4. The van der Waals surface area contributed by atoms with Crippen molar-refractivity contribution in [1.29, 1.82) is 0 Å². The second-order valence-corrected chi connectivity index (χ2v) is 8.91. The van der Waals surface area contributed by atoms with Crippen LogP contribution in [0.3, 0.4) is 0 Å². The number of benzene rings is 2. The molecule has 5 nitrogen and oxygen atoms in total. The molecule has 1 unspecified atom stereocenters. The van der Waals surface area contributed by atoms with Crippen molar-refractivity contribution in [3.8, 4) is 5.69 Å². The summed E-state index contributed by atoms with van der Waals surface area (Å²) in [6.45, 7) is 4.13. The first-order chi connectivity index (χ1) is 14.6. The maximum absolute atomic E-state index is 12.8. The van der Waals surface area contributed by atoms with Crippen LogP contribution in [0.15, 0.2) is 77.5 Å². The Balaban J connectivity index is 1.47. The van der Waals surface area contributed by atoms with E-state index in [1.807, 2.05) is 52.4 Å². The highest BCUT2D eigenvalue weighted by molar-refractivity contribution is 7.99. The van der Waals surface area contributed by atoms with E-state index in [2.05, 4.69) is 47.6 Å². The van der Waals surface area contributed by atoms with Crippen molar-refractivity contribution in [3.63, 3.8) is 0 Å². The number of carbonyl (C=O) groups excluding carboxylic acids is 1. The summed E-state index contributed by atoms with van der Waals surface area (Å²) in [4.78, 5) is 13.9. The molecule has 0 aliphatic carbocycles. The molecule has 0 bridgehead atoms. The quantitative estimate of drug-likeness (QED) is 0.419. The van der Waals surface area contributed by atoms with Crippen LogP contribution >= 0.6 is 23.1 Å². The van der Waals surface area contributed by atoms with Crippen molar-refractivity contribution < 1.29 is 4.79 Å². The maximum atomic E-state index is 12.8. The Labute approximate surface area is 184 Å². The molecule has 0 fully saturated rings. The fraction of sp³-hybridized carbons (Fsp3) is 0.174. The summed E-state index contributed by atoms with van der Waals surface area (Å²) in [7, 11) is 0. The number of rotatable bonds is 7. The standard InChI is InChI=1S/C23H22N4OS2/c1-16-10-11-19(17(2)13-16)27-15-24-26-23(27)30-14-21(28)25-22(20-9-6-12-29-20)18-7-4-3-5-8-18/h3-13,15,22H,14H2,1-2H3,(H,25,28). The zero-order chi connectivity index (χ0) is 20.9. The molecule has 0 aliphatic rings. The van der Waals surface area contributed by atoms with Gasteiger partial charge < -0.3 is 5.32 Å². The number of aryl methyl sites for hydroxylation is 2. The van der Waals surface area contributed by atoms with Gasteiger partial charge in [-0.3, -0.25) is 9.36 Å². The third kappa shape index (κ3) is 4.63. The molecule has 30 heavy (non-hydrogen) atoms. The van der Waals surface area contributed by atoms with Crippen molar-refractivity contribution in [3.05, 3.63) is 93.9 Å². The van der Waals surface area contributed by atoms with E-state index in [0.29, 0.717) is 5.16 Å². The molecular weight excluding hydrogens is 412 g/mol. The Morgan fingerprint density at radius 1 is 1.13 bits per heavy atom. The molecular formula is C23H22N4OS2. The van der Waals surface area contributed by atoms with Crippen molar-refractivity contribution in [2.45, 2.75) is 25.0 Å². The molecule has 0 radical (unpaired) electrons. The fourth-order valence-corrected chi connectivity index (χ4v) is 4.85. The van der Waals surface area contributed by atoms with Crippen LogP contribution in [0.2, 0.25) is 0 Å². The van der Waals surface area contributed by atoms with Crippen LogP contribution in [0.4, 0.5) is 0 Å². The summed E-state index contributed by atoms with van der Waals surface area (Å²) in [5.74, 6) is 0.218. The smallest absolute Gasteiger partial charge is 0.231 e. The fourth-order valence-electron chi connectivity index (χ4n) is 3.32. The van der Waals surface area contributed by atoms with E-state index in [-0.39, 0.29) is 17.7 Å². The molecule has 152 valence electrons. The lowest BCUT2D eigenvalue weighted by atomic mass is 10.1. The number of thioether (sulfide) groups is 1. The SMILES string of the molecule is Cc1ccc(-n2cnnc2SCC(=O)NC(c2ccccc2)c2cccs2)c(C)c1. The van der Waals surface area contributed by atoms with E-state index >= 15 is 0 Å². The number of hydrogen-bond acceptors (Lipinski definition) is 5. The van der Waals surface area contributed by atoms with Crippen LogP contribution < -0.4 is 5.32 Å². The third-order valence-corrected chi connectivity index (χ3v) is 6.61. The van der Waals surface area contributed by atoms with E-state index in [9.17, 15) is 4.79 Å². The van der Waals surface area contributed by atoms with Crippen LogP contribution in [0, 0.1) is 13.8 Å². The van der Waals surface area contributed by atoms with E-state index < -0.39 is 0 Å². The molecule has 1 atom stereocenters. The van der Waals surface area contributed by atoms with Gasteiger partial charge in [0.05, 0.1) is 17.5 Å². The Bertz CT molecular complexity index is 1120.